The third-order valence-electron chi connectivity index (χ3n) is 3.61. The smallest absolute Gasteiger partial charge is 0.0270 e. The minimum Gasteiger partial charge on any atom is -0.330 e. The molecule has 2 N–H and O–H groups in total. The zero-order valence-electron chi connectivity index (χ0n) is 11.1. The van der Waals surface area contributed by atoms with Crippen LogP contribution in [0.25, 0.3) is 0 Å². The molecule has 100 valence electrons. The van der Waals surface area contributed by atoms with Gasteiger partial charge in [0.2, 0.25) is 0 Å². The topological polar surface area (TPSA) is 45.4 Å². The summed E-state index contributed by atoms with van der Waals surface area (Å²) in [6.45, 7) is 7.89. The van der Waals surface area contributed by atoms with Gasteiger partial charge in [0.1, 0.15) is 0 Å². The summed E-state index contributed by atoms with van der Waals surface area (Å²) in [5.41, 5.74) is 6.93. The molecule has 4 nitrogen and oxygen atoms in total. The van der Waals surface area contributed by atoms with Crippen molar-refractivity contribution in [2.75, 3.05) is 45.8 Å². The van der Waals surface area contributed by atoms with Crippen molar-refractivity contribution >= 4 is 0 Å². The highest BCUT2D eigenvalue weighted by Crippen LogP contribution is 2.05. The van der Waals surface area contributed by atoms with Crippen LogP contribution in [0.5, 0.6) is 0 Å². The molecule has 0 amide bonds. The van der Waals surface area contributed by atoms with E-state index in [0.717, 1.165) is 32.5 Å². The first kappa shape index (κ1) is 13.5. The summed E-state index contributed by atoms with van der Waals surface area (Å²) in [4.78, 5) is 9.13. The third kappa shape index (κ3) is 4.37. The second kappa shape index (κ2) is 7.46. The van der Waals surface area contributed by atoms with Crippen LogP contribution in [0.1, 0.15) is 12.0 Å². The molecule has 2 heterocycles. The van der Waals surface area contributed by atoms with Gasteiger partial charge in [-0.25, -0.2) is 0 Å². The molecule has 18 heavy (non-hydrogen) atoms. The fourth-order valence-corrected chi connectivity index (χ4v) is 2.39. The lowest BCUT2D eigenvalue weighted by Crippen LogP contribution is -2.47. The largest absolute Gasteiger partial charge is 0.330 e. The van der Waals surface area contributed by atoms with Gasteiger partial charge >= 0.3 is 0 Å². The van der Waals surface area contributed by atoms with Gasteiger partial charge in [0.05, 0.1) is 0 Å². The highest BCUT2D eigenvalue weighted by molar-refractivity contribution is 5.09. The Morgan fingerprint density at radius 3 is 2.22 bits per heavy atom. The van der Waals surface area contributed by atoms with Crippen LogP contribution in [0, 0.1) is 0 Å². The van der Waals surface area contributed by atoms with Crippen LogP contribution in [0.4, 0.5) is 0 Å². The molecule has 0 spiro atoms. The van der Waals surface area contributed by atoms with Gasteiger partial charge in [0.25, 0.3) is 0 Å². The van der Waals surface area contributed by atoms with Gasteiger partial charge in [0.15, 0.2) is 0 Å². The van der Waals surface area contributed by atoms with Crippen LogP contribution in [0.15, 0.2) is 24.5 Å². The number of nitrogens with zero attached hydrogens (tertiary/aromatic N) is 3. The summed E-state index contributed by atoms with van der Waals surface area (Å²) < 4.78 is 0. The maximum atomic E-state index is 5.54. The average molecular weight is 248 g/mol. The first-order valence-electron chi connectivity index (χ1n) is 6.92. The zero-order valence-corrected chi connectivity index (χ0v) is 11.1. The lowest BCUT2D eigenvalue weighted by atomic mass is 10.2. The van der Waals surface area contributed by atoms with Gasteiger partial charge in [-0.2, -0.15) is 0 Å². The number of rotatable bonds is 6. The van der Waals surface area contributed by atoms with E-state index in [4.69, 9.17) is 5.73 Å². The van der Waals surface area contributed by atoms with Gasteiger partial charge in [-0.05, 0) is 43.6 Å². The van der Waals surface area contributed by atoms with Crippen molar-refractivity contribution in [2.45, 2.75) is 12.8 Å². The molecule has 0 unspecified atom stereocenters. The van der Waals surface area contributed by atoms with Crippen LogP contribution in [0.3, 0.4) is 0 Å². The van der Waals surface area contributed by atoms with Gasteiger partial charge in [0, 0.05) is 45.1 Å². The summed E-state index contributed by atoms with van der Waals surface area (Å²) in [6, 6.07) is 4.22. The Hall–Kier alpha value is -0.970. The van der Waals surface area contributed by atoms with Crippen molar-refractivity contribution in [1.82, 2.24) is 14.8 Å². The summed E-state index contributed by atoms with van der Waals surface area (Å²) in [6.07, 6.45) is 6.00. The molecule has 0 saturated carbocycles. The van der Waals surface area contributed by atoms with Crippen LogP contribution >= 0.6 is 0 Å². The van der Waals surface area contributed by atoms with E-state index in [1.807, 2.05) is 12.4 Å². The van der Waals surface area contributed by atoms with Crippen molar-refractivity contribution in [2.24, 2.45) is 5.73 Å². The van der Waals surface area contributed by atoms with E-state index in [2.05, 4.69) is 26.9 Å². The molecule has 1 aromatic heterocycles. The molecule has 0 atom stereocenters. The lowest BCUT2D eigenvalue weighted by molar-refractivity contribution is 0.133. The fraction of sp³-hybridized carbons (Fsp3) is 0.643. The molecule has 0 aromatic carbocycles. The van der Waals surface area contributed by atoms with E-state index >= 15 is 0 Å². The highest BCUT2D eigenvalue weighted by atomic mass is 15.3. The van der Waals surface area contributed by atoms with Gasteiger partial charge in [-0.3, -0.25) is 4.98 Å². The number of piperazine rings is 1. The predicted molar refractivity (Wildman–Crippen MR) is 74.5 cm³/mol. The average Bonchev–Trinajstić information content (AvgIpc) is 2.45. The summed E-state index contributed by atoms with van der Waals surface area (Å²) in [5, 5.41) is 0. The maximum Gasteiger partial charge on any atom is 0.0270 e. The Kier molecular flexibility index (Phi) is 5.58. The highest BCUT2D eigenvalue weighted by Gasteiger charge is 2.15. The van der Waals surface area contributed by atoms with Gasteiger partial charge in [-0.1, -0.05) is 0 Å². The van der Waals surface area contributed by atoms with E-state index in [1.165, 1.54) is 31.7 Å². The molecule has 0 aliphatic carbocycles. The van der Waals surface area contributed by atoms with E-state index in [0.29, 0.717) is 0 Å². The van der Waals surface area contributed by atoms with E-state index in [-0.39, 0.29) is 0 Å². The summed E-state index contributed by atoms with van der Waals surface area (Å²) in [7, 11) is 0. The normalized spacial score (nSPS) is 18.1. The number of pyridine rings is 1. The standard InChI is InChI=1S/C14H24N4/c15-5-1-8-17-10-12-18(13-11-17)9-4-14-2-6-16-7-3-14/h2-3,6-7H,1,4-5,8-13,15H2. The molecular weight excluding hydrogens is 224 g/mol. The van der Waals surface area contributed by atoms with Crippen LogP contribution < -0.4 is 5.73 Å². The predicted octanol–water partition coefficient (Wildman–Crippen LogP) is 0.591. The molecule has 1 saturated heterocycles. The molecule has 0 bridgehead atoms. The minimum atomic E-state index is 0.808. The number of hydrogen-bond acceptors (Lipinski definition) is 4. The Labute approximate surface area is 110 Å². The Balaban J connectivity index is 1.65. The minimum absolute atomic E-state index is 0.808. The van der Waals surface area contributed by atoms with Gasteiger partial charge in [-0.15, -0.1) is 0 Å². The third-order valence-corrected chi connectivity index (χ3v) is 3.61. The zero-order chi connectivity index (χ0) is 12.6. The second-order valence-corrected chi connectivity index (χ2v) is 4.93. The van der Waals surface area contributed by atoms with Crippen molar-refractivity contribution < 1.29 is 0 Å². The Morgan fingerprint density at radius 1 is 1.00 bits per heavy atom. The van der Waals surface area contributed by atoms with Gasteiger partial charge < -0.3 is 15.5 Å². The Morgan fingerprint density at radius 2 is 1.61 bits per heavy atom. The Bertz CT molecular complexity index is 320. The first-order valence-corrected chi connectivity index (χ1v) is 6.92. The number of aromatic nitrogens is 1. The van der Waals surface area contributed by atoms with Crippen molar-refractivity contribution in [3.63, 3.8) is 0 Å². The molecule has 1 aliphatic rings. The molecule has 1 aromatic rings. The van der Waals surface area contributed by atoms with Crippen LogP contribution in [-0.2, 0) is 6.42 Å². The SMILES string of the molecule is NCCCN1CCN(CCc2ccncc2)CC1. The molecule has 1 fully saturated rings. The molecule has 1 aliphatic heterocycles. The molecule has 0 radical (unpaired) electrons. The molecule has 4 heteroatoms. The molecular formula is C14H24N4. The summed E-state index contributed by atoms with van der Waals surface area (Å²) in [5.74, 6) is 0. The van der Waals surface area contributed by atoms with Crippen molar-refractivity contribution in [3.05, 3.63) is 30.1 Å². The second-order valence-electron chi connectivity index (χ2n) is 4.93. The van der Waals surface area contributed by atoms with Crippen molar-refractivity contribution in [1.29, 1.82) is 0 Å². The van der Waals surface area contributed by atoms with E-state index in [9.17, 15) is 0 Å². The molecule has 2 rings (SSSR count). The van der Waals surface area contributed by atoms with Crippen molar-refractivity contribution in [3.8, 4) is 0 Å². The van der Waals surface area contributed by atoms with Crippen LogP contribution in [0.2, 0.25) is 0 Å². The lowest BCUT2D eigenvalue weighted by Gasteiger charge is -2.34. The quantitative estimate of drug-likeness (QED) is 0.800. The number of nitrogens with two attached hydrogens (primary N) is 1. The summed E-state index contributed by atoms with van der Waals surface area (Å²) >= 11 is 0. The van der Waals surface area contributed by atoms with Crippen LogP contribution in [-0.4, -0.2) is 60.6 Å². The monoisotopic (exact) mass is 248 g/mol. The fourth-order valence-electron chi connectivity index (χ4n) is 2.39. The maximum absolute atomic E-state index is 5.54. The van der Waals surface area contributed by atoms with E-state index < -0.39 is 0 Å². The first-order chi connectivity index (χ1) is 8.88. The number of hydrogen-bond donors (Lipinski definition) is 1. The van der Waals surface area contributed by atoms with E-state index in [1.54, 1.807) is 0 Å².